The van der Waals surface area contributed by atoms with Gasteiger partial charge in [-0.1, -0.05) is 37.7 Å². The van der Waals surface area contributed by atoms with Crippen LogP contribution in [-0.4, -0.2) is 39.4 Å². The molecule has 5 aromatic rings. The van der Waals surface area contributed by atoms with Gasteiger partial charge in [-0.15, -0.1) is 0 Å². The van der Waals surface area contributed by atoms with Gasteiger partial charge < -0.3 is 9.67 Å². The topological polar surface area (TPSA) is 81.7 Å². The highest BCUT2D eigenvalue weighted by Crippen LogP contribution is 2.29. The van der Waals surface area contributed by atoms with Crippen molar-refractivity contribution in [2.45, 2.75) is 43.8 Å². The van der Waals surface area contributed by atoms with Gasteiger partial charge in [0.05, 0.1) is 41.9 Å². The number of aliphatic hydroxyl groups excluding tert-OH is 1. The number of halogens is 1. The van der Waals surface area contributed by atoms with E-state index >= 15 is 0 Å². The third kappa shape index (κ3) is 4.21. The highest BCUT2D eigenvalue weighted by Gasteiger charge is 2.17. The Morgan fingerprint density at radius 3 is 2.67 bits per heavy atom. The van der Waals surface area contributed by atoms with Gasteiger partial charge in [0.1, 0.15) is 11.3 Å². The van der Waals surface area contributed by atoms with Crippen LogP contribution in [0.2, 0.25) is 0 Å². The van der Waals surface area contributed by atoms with Crippen molar-refractivity contribution in [3.05, 3.63) is 72.1 Å². The highest BCUT2D eigenvalue weighted by molar-refractivity contribution is 7.99. The second-order valence-electron chi connectivity index (χ2n) is 8.18. The molecule has 0 saturated heterocycles. The van der Waals surface area contributed by atoms with Crippen LogP contribution in [0.25, 0.3) is 28.0 Å². The van der Waals surface area contributed by atoms with Crippen LogP contribution in [0.1, 0.15) is 38.1 Å². The second kappa shape index (κ2) is 8.57. The summed E-state index contributed by atoms with van der Waals surface area (Å²) in [6, 6.07) is 10.5. The molecule has 4 heterocycles. The van der Waals surface area contributed by atoms with E-state index in [0.717, 1.165) is 27.4 Å². The molecule has 0 aliphatic rings. The molecular weight excluding hydrogens is 439 g/mol. The lowest BCUT2D eigenvalue weighted by molar-refractivity contribution is 0.194. The first-order valence-electron chi connectivity index (χ1n) is 10.7. The number of fused-ring (bicyclic) bond motifs is 2. The van der Waals surface area contributed by atoms with Crippen molar-refractivity contribution in [1.82, 2.24) is 29.1 Å². The molecule has 0 aliphatic carbocycles. The molecule has 0 fully saturated rings. The van der Waals surface area contributed by atoms with Crippen molar-refractivity contribution in [2.75, 3.05) is 0 Å². The van der Waals surface area contributed by atoms with Crippen molar-refractivity contribution in [1.29, 1.82) is 0 Å². The van der Waals surface area contributed by atoms with Crippen LogP contribution >= 0.6 is 11.8 Å². The molecule has 1 aromatic carbocycles. The number of aromatic nitrogens is 6. The van der Waals surface area contributed by atoms with Gasteiger partial charge in [0, 0.05) is 11.4 Å². The standard InChI is InChI=1S/C24H23FN6OS/c1-14(2)33-24-29-22-21(31(24)13-16-5-4-6-17(25)9-16)10-18(11-27-22)30-8-7-19-23(30)28-20(12-26-19)15(3)32/h4-12,14-15,32H,13H2,1-3H3. The van der Waals surface area contributed by atoms with Crippen LogP contribution in [0.4, 0.5) is 4.39 Å². The van der Waals surface area contributed by atoms with E-state index in [0.29, 0.717) is 28.8 Å². The van der Waals surface area contributed by atoms with Crippen LogP contribution in [0.5, 0.6) is 0 Å². The third-order valence-electron chi connectivity index (χ3n) is 5.24. The molecule has 0 spiro atoms. The predicted octanol–water partition coefficient (Wildman–Crippen LogP) is 4.91. The van der Waals surface area contributed by atoms with Gasteiger partial charge in [-0.25, -0.2) is 19.3 Å². The lowest BCUT2D eigenvalue weighted by Crippen LogP contribution is -2.04. The number of rotatable bonds is 6. The van der Waals surface area contributed by atoms with E-state index in [2.05, 4.69) is 33.4 Å². The molecule has 0 radical (unpaired) electrons. The fourth-order valence-electron chi connectivity index (χ4n) is 3.70. The SMILES string of the molecule is CC(C)Sc1nc2ncc(-n3ccc4ncc(C(C)O)nc43)cc2n1Cc1cccc(F)c1. The van der Waals surface area contributed by atoms with Crippen molar-refractivity contribution in [3.8, 4) is 5.69 Å². The lowest BCUT2D eigenvalue weighted by atomic mass is 10.2. The molecule has 168 valence electrons. The summed E-state index contributed by atoms with van der Waals surface area (Å²) in [7, 11) is 0. The fourth-order valence-corrected chi connectivity index (χ4v) is 4.55. The van der Waals surface area contributed by atoms with Gasteiger partial charge in [0.15, 0.2) is 16.5 Å². The molecule has 0 amide bonds. The maximum absolute atomic E-state index is 13.8. The fraction of sp³-hybridized carbons (Fsp3) is 0.250. The number of imidazole rings is 1. The average Bonchev–Trinajstić information content (AvgIpc) is 3.34. The minimum absolute atomic E-state index is 0.264. The van der Waals surface area contributed by atoms with E-state index < -0.39 is 6.10 Å². The quantitative estimate of drug-likeness (QED) is 0.361. The maximum Gasteiger partial charge on any atom is 0.178 e. The zero-order chi connectivity index (χ0) is 23.1. The highest BCUT2D eigenvalue weighted by atomic mass is 32.2. The van der Waals surface area contributed by atoms with E-state index in [1.807, 2.05) is 29.0 Å². The number of benzene rings is 1. The number of aliphatic hydroxyl groups is 1. The molecule has 33 heavy (non-hydrogen) atoms. The van der Waals surface area contributed by atoms with E-state index in [4.69, 9.17) is 4.98 Å². The predicted molar refractivity (Wildman–Crippen MR) is 127 cm³/mol. The number of pyridine rings is 1. The van der Waals surface area contributed by atoms with Crippen LogP contribution in [0.15, 0.2) is 60.1 Å². The number of thioether (sulfide) groups is 1. The smallest absolute Gasteiger partial charge is 0.178 e. The van der Waals surface area contributed by atoms with Gasteiger partial charge in [0.2, 0.25) is 0 Å². The number of nitrogens with zero attached hydrogens (tertiary/aromatic N) is 6. The van der Waals surface area contributed by atoms with Crippen molar-refractivity contribution < 1.29 is 9.50 Å². The van der Waals surface area contributed by atoms with Gasteiger partial charge in [-0.3, -0.25) is 9.55 Å². The monoisotopic (exact) mass is 462 g/mol. The summed E-state index contributed by atoms with van der Waals surface area (Å²) in [6.07, 6.45) is 4.51. The third-order valence-corrected chi connectivity index (χ3v) is 6.24. The Bertz CT molecular complexity index is 1460. The molecule has 1 unspecified atom stereocenters. The molecule has 1 atom stereocenters. The van der Waals surface area contributed by atoms with Gasteiger partial charge >= 0.3 is 0 Å². The molecule has 0 aliphatic heterocycles. The first kappa shape index (κ1) is 21.5. The van der Waals surface area contributed by atoms with Crippen molar-refractivity contribution in [2.24, 2.45) is 0 Å². The summed E-state index contributed by atoms with van der Waals surface area (Å²) in [6.45, 7) is 6.36. The van der Waals surface area contributed by atoms with Crippen LogP contribution in [0, 0.1) is 5.82 Å². The Morgan fingerprint density at radius 2 is 1.91 bits per heavy atom. The minimum atomic E-state index is -0.714. The molecule has 0 bridgehead atoms. The molecule has 7 nitrogen and oxygen atoms in total. The summed E-state index contributed by atoms with van der Waals surface area (Å²) >= 11 is 1.65. The average molecular weight is 463 g/mol. The van der Waals surface area contributed by atoms with Crippen molar-refractivity contribution in [3.63, 3.8) is 0 Å². The van der Waals surface area contributed by atoms with Crippen molar-refractivity contribution >= 4 is 34.1 Å². The largest absolute Gasteiger partial charge is 0.387 e. The van der Waals surface area contributed by atoms with E-state index in [1.54, 1.807) is 43.2 Å². The Labute approximate surface area is 194 Å². The Balaban J connectivity index is 1.65. The Kier molecular flexibility index (Phi) is 5.59. The molecule has 9 heteroatoms. The number of hydrogen-bond donors (Lipinski definition) is 1. The van der Waals surface area contributed by atoms with Gasteiger partial charge in [-0.2, -0.15) is 0 Å². The molecule has 4 aromatic heterocycles. The summed E-state index contributed by atoms with van der Waals surface area (Å²) < 4.78 is 17.8. The Morgan fingerprint density at radius 1 is 1.06 bits per heavy atom. The van der Waals surface area contributed by atoms with E-state index in [1.165, 1.54) is 6.07 Å². The normalized spacial score (nSPS) is 12.8. The van der Waals surface area contributed by atoms with Crippen LogP contribution in [-0.2, 0) is 6.54 Å². The summed E-state index contributed by atoms with van der Waals surface area (Å²) in [4.78, 5) is 18.4. The molecule has 5 rings (SSSR count). The summed E-state index contributed by atoms with van der Waals surface area (Å²) in [5.74, 6) is -0.264. The van der Waals surface area contributed by atoms with Gasteiger partial charge in [-0.05, 0) is 36.8 Å². The van der Waals surface area contributed by atoms with Gasteiger partial charge in [0.25, 0.3) is 0 Å². The molecule has 0 saturated carbocycles. The lowest BCUT2D eigenvalue weighted by Gasteiger charge is -2.11. The first-order valence-corrected chi connectivity index (χ1v) is 11.6. The summed E-state index contributed by atoms with van der Waals surface area (Å²) in [5.41, 5.74) is 5.00. The zero-order valence-electron chi connectivity index (χ0n) is 18.5. The molecular formula is C24H23FN6OS. The van der Waals surface area contributed by atoms with Crippen LogP contribution in [0.3, 0.4) is 0 Å². The number of hydrogen-bond acceptors (Lipinski definition) is 6. The second-order valence-corrected chi connectivity index (χ2v) is 9.72. The van der Waals surface area contributed by atoms with Crippen LogP contribution < -0.4 is 0 Å². The van der Waals surface area contributed by atoms with E-state index in [9.17, 15) is 9.50 Å². The first-order chi connectivity index (χ1) is 15.9. The minimum Gasteiger partial charge on any atom is -0.387 e. The maximum atomic E-state index is 13.8. The zero-order valence-corrected chi connectivity index (χ0v) is 19.3. The molecule has 1 N–H and O–H groups in total. The summed E-state index contributed by atoms with van der Waals surface area (Å²) in [5, 5.41) is 11.1. The van der Waals surface area contributed by atoms with E-state index in [-0.39, 0.29) is 5.82 Å². The Hall–Kier alpha value is -3.30.